The van der Waals surface area contributed by atoms with Crippen LogP contribution in [0.3, 0.4) is 0 Å². The van der Waals surface area contributed by atoms with Gasteiger partial charge in [0.25, 0.3) is 5.91 Å². The van der Waals surface area contributed by atoms with E-state index < -0.39 is 0 Å². The maximum Gasteiger partial charge on any atom is 0.251 e. The molecule has 0 bridgehead atoms. The summed E-state index contributed by atoms with van der Waals surface area (Å²) < 4.78 is 14.2. The first-order valence-electron chi connectivity index (χ1n) is 5.40. The molecule has 0 unspecified atom stereocenters. The highest BCUT2D eigenvalue weighted by Crippen LogP contribution is 2.15. The lowest BCUT2D eigenvalue weighted by atomic mass is 10.2. The van der Waals surface area contributed by atoms with E-state index in [1.165, 1.54) is 18.3 Å². The van der Waals surface area contributed by atoms with Crippen LogP contribution >= 0.6 is 27.5 Å². The largest absolute Gasteiger partial charge is 0.348 e. The van der Waals surface area contributed by atoms with Gasteiger partial charge in [-0.15, -0.1) is 0 Å². The molecule has 6 heteroatoms. The summed E-state index contributed by atoms with van der Waals surface area (Å²) >= 11 is 8.95. The fourth-order valence-electron chi connectivity index (χ4n) is 1.50. The van der Waals surface area contributed by atoms with Gasteiger partial charge in [-0.3, -0.25) is 4.79 Å². The summed E-state index contributed by atoms with van der Waals surface area (Å²) in [5, 5.41) is 2.86. The second-order valence-corrected chi connectivity index (χ2v) is 5.09. The van der Waals surface area contributed by atoms with Gasteiger partial charge >= 0.3 is 0 Å². The molecule has 0 aliphatic rings. The summed E-state index contributed by atoms with van der Waals surface area (Å²) in [5.41, 5.74) is 0.790. The topological polar surface area (TPSA) is 42.0 Å². The standard InChI is InChI=1S/C13H9BrClFN2O/c14-10-1-2-11(16)9(5-10)7-18-13(19)8-3-4-17-12(15)6-8/h1-6H,7H2,(H,18,19). The van der Waals surface area contributed by atoms with E-state index in [0.29, 0.717) is 11.1 Å². The summed E-state index contributed by atoms with van der Waals surface area (Å²) in [6.07, 6.45) is 1.44. The Morgan fingerprint density at radius 1 is 1.37 bits per heavy atom. The van der Waals surface area contributed by atoms with Crippen molar-refractivity contribution in [2.24, 2.45) is 0 Å². The zero-order valence-electron chi connectivity index (χ0n) is 9.66. The van der Waals surface area contributed by atoms with Gasteiger partial charge in [-0.25, -0.2) is 9.37 Å². The van der Waals surface area contributed by atoms with Crippen molar-refractivity contribution in [2.75, 3.05) is 0 Å². The van der Waals surface area contributed by atoms with Gasteiger partial charge in [-0.05, 0) is 30.3 Å². The van der Waals surface area contributed by atoms with Crippen molar-refractivity contribution in [3.05, 3.63) is 63.1 Å². The number of hydrogen-bond acceptors (Lipinski definition) is 2. The molecular weight excluding hydrogens is 335 g/mol. The van der Waals surface area contributed by atoms with E-state index in [-0.39, 0.29) is 23.4 Å². The van der Waals surface area contributed by atoms with E-state index in [4.69, 9.17) is 11.6 Å². The van der Waals surface area contributed by atoms with Crippen LogP contribution in [0, 0.1) is 5.82 Å². The first-order chi connectivity index (χ1) is 9.06. The van der Waals surface area contributed by atoms with Crippen LogP contribution in [0.4, 0.5) is 4.39 Å². The highest BCUT2D eigenvalue weighted by Gasteiger charge is 2.08. The highest BCUT2D eigenvalue weighted by molar-refractivity contribution is 9.10. The Balaban J connectivity index is 2.06. The molecule has 1 heterocycles. The van der Waals surface area contributed by atoms with Gasteiger partial charge in [-0.1, -0.05) is 27.5 Å². The lowest BCUT2D eigenvalue weighted by Crippen LogP contribution is -2.23. The van der Waals surface area contributed by atoms with Crippen LogP contribution in [-0.2, 0) is 6.54 Å². The second-order valence-electron chi connectivity index (χ2n) is 3.79. The lowest BCUT2D eigenvalue weighted by molar-refractivity contribution is 0.0950. The fourth-order valence-corrected chi connectivity index (χ4v) is 2.08. The van der Waals surface area contributed by atoms with Crippen LogP contribution in [0.2, 0.25) is 5.15 Å². The Hall–Kier alpha value is -1.46. The number of carbonyl (C=O) groups is 1. The van der Waals surface area contributed by atoms with E-state index in [0.717, 1.165) is 4.47 Å². The van der Waals surface area contributed by atoms with Crippen molar-refractivity contribution in [1.29, 1.82) is 0 Å². The van der Waals surface area contributed by atoms with Gasteiger partial charge in [0.2, 0.25) is 0 Å². The van der Waals surface area contributed by atoms with Crippen molar-refractivity contribution >= 4 is 33.4 Å². The zero-order chi connectivity index (χ0) is 13.8. The molecular formula is C13H9BrClFN2O. The molecule has 2 aromatic rings. The van der Waals surface area contributed by atoms with Crippen LogP contribution in [-0.4, -0.2) is 10.9 Å². The molecule has 0 fully saturated rings. The Labute approximate surface area is 122 Å². The molecule has 1 amide bonds. The zero-order valence-corrected chi connectivity index (χ0v) is 12.0. The van der Waals surface area contributed by atoms with Gasteiger partial charge in [0.1, 0.15) is 11.0 Å². The van der Waals surface area contributed by atoms with Crippen molar-refractivity contribution in [3.63, 3.8) is 0 Å². The second kappa shape index (κ2) is 6.12. The normalized spacial score (nSPS) is 10.3. The molecule has 19 heavy (non-hydrogen) atoms. The molecule has 1 N–H and O–H groups in total. The van der Waals surface area contributed by atoms with E-state index in [1.807, 2.05) is 0 Å². The minimum atomic E-state index is -0.365. The summed E-state index contributed by atoms with van der Waals surface area (Å²) in [5.74, 6) is -0.695. The number of aromatic nitrogens is 1. The predicted molar refractivity (Wildman–Crippen MR) is 74.5 cm³/mol. The molecule has 1 aromatic carbocycles. The number of pyridine rings is 1. The fraction of sp³-hybridized carbons (Fsp3) is 0.0769. The number of benzene rings is 1. The third kappa shape index (κ3) is 3.75. The Morgan fingerprint density at radius 2 is 2.16 bits per heavy atom. The molecule has 0 aliphatic carbocycles. The molecule has 0 aliphatic heterocycles. The van der Waals surface area contributed by atoms with Crippen LogP contribution < -0.4 is 5.32 Å². The molecule has 98 valence electrons. The number of nitrogens with one attached hydrogen (secondary N) is 1. The number of halogens is 3. The van der Waals surface area contributed by atoms with Crippen molar-refractivity contribution in [1.82, 2.24) is 10.3 Å². The Morgan fingerprint density at radius 3 is 2.89 bits per heavy atom. The third-order valence-corrected chi connectivity index (χ3v) is 3.14. The van der Waals surface area contributed by atoms with E-state index in [9.17, 15) is 9.18 Å². The van der Waals surface area contributed by atoms with Crippen molar-refractivity contribution in [2.45, 2.75) is 6.54 Å². The minimum absolute atomic E-state index is 0.101. The summed E-state index contributed by atoms with van der Waals surface area (Å²) in [4.78, 5) is 15.6. The van der Waals surface area contributed by atoms with E-state index in [2.05, 4.69) is 26.2 Å². The quantitative estimate of drug-likeness (QED) is 0.866. The number of hydrogen-bond donors (Lipinski definition) is 1. The average Bonchev–Trinajstić information content (AvgIpc) is 2.39. The summed E-state index contributed by atoms with van der Waals surface area (Å²) in [7, 11) is 0. The van der Waals surface area contributed by atoms with E-state index >= 15 is 0 Å². The molecule has 0 saturated carbocycles. The smallest absolute Gasteiger partial charge is 0.251 e. The first kappa shape index (κ1) is 14.0. The Kier molecular flexibility index (Phi) is 4.50. The van der Waals surface area contributed by atoms with Crippen LogP contribution in [0.25, 0.3) is 0 Å². The minimum Gasteiger partial charge on any atom is -0.348 e. The van der Waals surface area contributed by atoms with Crippen molar-refractivity contribution < 1.29 is 9.18 Å². The number of rotatable bonds is 3. The highest BCUT2D eigenvalue weighted by atomic mass is 79.9. The summed E-state index contributed by atoms with van der Waals surface area (Å²) in [6, 6.07) is 7.56. The molecule has 0 saturated heterocycles. The average molecular weight is 344 g/mol. The molecule has 0 radical (unpaired) electrons. The predicted octanol–water partition coefficient (Wildman–Crippen LogP) is 3.57. The van der Waals surface area contributed by atoms with Crippen LogP contribution in [0.1, 0.15) is 15.9 Å². The number of amides is 1. The molecule has 0 atom stereocenters. The number of carbonyl (C=O) groups excluding carboxylic acids is 1. The molecule has 3 nitrogen and oxygen atoms in total. The van der Waals surface area contributed by atoms with E-state index in [1.54, 1.807) is 18.2 Å². The SMILES string of the molecule is O=C(NCc1cc(Br)ccc1F)c1ccnc(Cl)c1. The van der Waals surface area contributed by atoms with Crippen molar-refractivity contribution in [3.8, 4) is 0 Å². The molecule has 0 spiro atoms. The van der Waals surface area contributed by atoms with Crippen LogP contribution in [0.5, 0.6) is 0 Å². The maximum absolute atomic E-state index is 13.5. The third-order valence-electron chi connectivity index (χ3n) is 2.44. The monoisotopic (exact) mass is 342 g/mol. The molecule has 1 aromatic heterocycles. The van der Waals surface area contributed by atoms with Gasteiger partial charge in [-0.2, -0.15) is 0 Å². The van der Waals surface area contributed by atoms with Gasteiger partial charge in [0.15, 0.2) is 0 Å². The van der Waals surface area contributed by atoms with Gasteiger partial charge in [0.05, 0.1) is 0 Å². The van der Waals surface area contributed by atoms with Gasteiger partial charge in [0, 0.05) is 28.3 Å². The summed E-state index contributed by atoms with van der Waals surface area (Å²) in [6.45, 7) is 0.101. The maximum atomic E-state index is 13.5. The lowest BCUT2D eigenvalue weighted by Gasteiger charge is -2.07. The Bertz CT molecular complexity index is 621. The van der Waals surface area contributed by atoms with Gasteiger partial charge < -0.3 is 5.32 Å². The first-order valence-corrected chi connectivity index (χ1v) is 6.57. The molecule has 2 rings (SSSR count). The van der Waals surface area contributed by atoms with Crippen LogP contribution in [0.15, 0.2) is 41.0 Å². The number of nitrogens with zero attached hydrogens (tertiary/aromatic N) is 1.